The smallest absolute Gasteiger partial charge is 0.278 e. The summed E-state index contributed by atoms with van der Waals surface area (Å²) in [6.45, 7) is 5.04. The van der Waals surface area contributed by atoms with Crippen molar-refractivity contribution in [1.29, 1.82) is 0 Å². The number of anilines is 2. The van der Waals surface area contributed by atoms with Crippen molar-refractivity contribution >= 4 is 17.4 Å². The quantitative estimate of drug-likeness (QED) is 0.853. The Morgan fingerprint density at radius 3 is 2.58 bits per heavy atom. The fraction of sp³-hybridized carbons (Fsp3) is 0.421. The van der Waals surface area contributed by atoms with Gasteiger partial charge < -0.3 is 9.80 Å². The van der Waals surface area contributed by atoms with Crippen LogP contribution in [0.15, 0.2) is 36.4 Å². The van der Waals surface area contributed by atoms with Gasteiger partial charge in [-0.15, -0.1) is 10.2 Å². The molecule has 0 spiro atoms. The van der Waals surface area contributed by atoms with Crippen molar-refractivity contribution in [2.75, 3.05) is 29.4 Å². The summed E-state index contributed by atoms with van der Waals surface area (Å²) in [5.41, 5.74) is 2.64. The molecule has 0 radical (unpaired) electrons. The van der Waals surface area contributed by atoms with Crippen molar-refractivity contribution in [2.24, 2.45) is 5.92 Å². The second-order valence-corrected chi connectivity index (χ2v) is 6.78. The van der Waals surface area contributed by atoms with Crippen LogP contribution in [-0.4, -0.2) is 35.7 Å². The van der Waals surface area contributed by atoms with Crippen LogP contribution in [0, 0.1) is 5.92 Å². The van der Waals surface area contributed by atoms with Gasteiger partial charge >= 0.3 is 0 Å². The Kier molecular flexibility index (Phi) is 3.92. The van der Waals surface area contributed by atoms with E-state index in [9.17, 15) is 4.79 Å². The molecule has 1 aromatic heterocycles. The molecule has 5 nitrogen and oxygen atoms in total. The predicted octanol–water partition coefficient (Wildman–Crippen LogP) is 2.92. The monoisotopic (exact) mass is 322 g/mol. The van der Waals surface area contributed by atoms with Gasteiger partial charge in [0.2, 0.25) is 0 Å². The van der Waals surface area contributed by atoms with Gasteiger partial charge in [0.15, 0.2) is 11.5 Å². The first kappa shape index (κ1) is 15.1. The number of carbonyl (C=O) groups excluding carboxylic acids is 1. The summed E-state index contributed by atoms with van der Waals surface area (Å²) in [7, 11) is 0. The Balaban J connectivity index is 1.50. The molecule has 1 aromatic carbocycles. The first-order valence-electron chi connectivity index (χ1n) is 8.71. The third-order valence-corrected chi connectivity index (χ3v) is 5.11. The van der Waals surface area contributed by atoms with Gasteiger partial charge in [-0.05, 0) is 48.9 Å². The number of carbonyl (C=O) groups is 1. The summed E-state index contributed by atoms with van der Waals surface area (Å²) < 4.78 is 0. The Morgan fingerprint density at radius 1 is 1.04 bits per heavy atom. The molecule has 24 heavy (non-hydrogen) atoms. The van der Waals surface area contributed by atoms with Gasteiger partial charge in [0.25, 0.3) is 5.91 Å². The summed E-state index contributed by atoms with van der Waals surface area (Å²) in [5, 5.41) is 8.51. The molecular weight excluding hydrogens is 300 g/mol. The minimum atomic E-state index is -0.0636. The molecule has 1 amide bonds. The predicted molar refractivity (Wildman–Crippen MR) is 94.5 cm³/mol. The largest absolute Gasteiger partial charge is 0.355 e. The number of nitrogens with zero attached hydrogens (tertiary/aromatic N) is 4. The van der Waals surface area contributed by atoms with E-state index in [1.54, 1.807) is 0 Å². The van der Waals surface area contributed by atoms with E-state index in [4.69, 9.17) is 0 Å². The van der Waals surface area contributed by atoms with E-state index in [1.165, 1.54) is 18.4 Å². The molecule has 0 saturated carbocycles. The number of amides is 1. The maximum Gasteiger partial charge on any atom is 0.278 e. The van der Waals surface area contributed by atoms with Gasteiger partial charge in [-0.1, -0.05) is 25.1 Å². The topological polar surface area (TPSA) is 49.3 Å². The van der Waals surface area contributed by atoms with Crippen LogP contribution in [-0.2, 0) is 6.42 Å². The van der Waals surface area contributed by atoms with E-state index in [1.807, 2.05) is 35.2 Å². The van der Waals surface area contributed by atoms with Crippen LogP contribution in [0.1, 0.15) is 35.8 Å². The van der Waals surface area contributed by atoms with Crippen LogP contribution >= 0.6 is 0 Å². The average Bonchev–Trinajstić information content (AvgIpc) is 3.06. The minimum absolute atomic E-state index is 0.0636. The summed E-state index contributed by atoms with van der Waals surface area (Å²) >= 11 is 0. The third kappa shape index (κ3) is 2.75. The molecule has 0 atom stereocenters. The summed E-state index contributed by atoms with van der Waals surface area (Å²) in [6.07, 6.45) is 3.28. The van der Waals surface area contributed by atoms with E-state index < -0.39 is 0 Å². The van der Waals surface area contributed by atoms with Crippen molar-refractivity contribution in [1.82, 2.24) is 10.2 Å². The molecule has 0 aliphatic carbocycles. The van der Waals surface area contributed by atoms with Crippen molar-refractivity contribution < 1.29 is 4.79 Å². The molecular formula is C19H22N4O. The lowest BCUT2D eigenvalue weighted by Crippen LogP contribution is -2.34. The Hall–Kier alpha value is -2.43. The maximum atomic E-state index is 12.8. The second-order valence-electron chi connectivity index (χ2n) is 6.78. The maximum absolute atomic E-state index is 12.8. The SMILES string of the molecule is CC1CCN(c2ccc(C(=O)N3CCc4ccccc43)nn2)CC1. The number of hydrogen-bond acceptors (Lipinski definition) is 4. The number of piperidine rings is 1. The van der Waals surface area contributed by atoms with E-state index in [0.29, 0.717) is 12.2 Å². The second kappa shape index (κ2) is 6.23. The van der Waals surface area contributed by atoms with E-state index in [2.05, 4.69) is 28.1 Å². The van der Waals surface area contributed by atoms with Gasteiger partial charge in [-0.2, -0.15) is 0 Å². The molecule has 5 heteroatoms. The number of para-hydroxylation sites is 1. The lowest BCUT2D eigenvalue weighted by molar-refractivity contribution is 0.0983. The standard InChI is InChI=1S/C19H22N4O/c1-14-8-11-22(12-9-14)18-7-6-16(20-21-18)19(24)23-13-10-15-4-2-3-5-17(15)23/h2-7,14H,8-13H2,1H3. The number of fused-ring (bicyclic) bond motifs is 1. The zero-order valence-corrected chi connectivity index (χ0v) is 14.0. The van der Waals surface area contributed by atoms with Crippen LogP contribution in [0.4, 0.5) is 11.5 Å². The van der Waals surface area contributed by atoms with E-state index in [-0.39, 0.29) is 5.91 Å². The molecule has 124 valence electrons. The fourth-order valence-electron chi connectivity index (χ4n) is 3.53. The molecule has 4 rings (SSSR count). The molecule has 2 aliphatic heterocycles. The van der Waals surface area contributed by atoms with E-state index >= 15 is 0 Å². The lowest BCUT2D eigenvalue weighted by atomic mass is 9.99. The van der Waals surface area contributed by atoms with Gasteiger partial charge in [0, 0.05) is 25.3 Å². The van der Waals surface area contributed by atoms with Crippen molar-refractivity contribution in [3.8, 4) is 0 Å². The summed E-state index contributed by atoms with van der Waals surface area (Å²) in [4.78, 5) is 16.8. The molecule has 2 aliphatic rings. The van der Waals surface area contributed by atoms with Crippen LogP contribution in [0.5, 0.6) is 0 Å². The summed E-state index contributed by atoms with van der Waals surface area (Å²) in [5.74, 6) is 1.59. The Bertz CT molecular complexity index is 735. The zero-order chi connectivity index (χ0) is 16.5. The molecule has 2 aromatic rings. The van der Waals surface area contributed by atoms with Crippen molar-refractivity contribution in [3.05, 3.63) is 47.7 Å². The molecule has 1 saturated heterocycles. The van der Waals surface area contributed by atoms with Crippen molar-refractivity contribution in [2.45, 2.75) is 26.2 Å². The van der Waals surface area contributed by atoms with Gasteiger partial charge in [0.05, 0.1) is 0 Å². The molecule has 0 bridgehead atoms. The number of aromatic nitrogens is 2. The number of benzene rings is 1. The zero-order valence-electron chi connectivity index (χ0n) is 14.0. The highest BCUT2D eigenvalue weighted by molar-refractivity contribution is 6.06. The van der Waals surface area contributed by atoms with Crippen LogP contribution in [0.3, 0.4) is 0 Å². The van der Waals surface area contributed by atoms with Gasteiger partial charge in [0.1, 0.15) is 0 Å². The fourth-order valence-corrected chi connectivity index (χ4v) is 3.53. The molecule has 0 unspecified atom stereocenters. The third-order valence-electron chi connectivity index (χ3n) is 5.11. The average molecular weight is 322 g/mol. The van der Waals surface area contributed by atoms with Crippen LogP contribution < -0.4 is 9.80 Å². The Morgan fingerprint density at radius 2 is 1.83 bits per heavy atom. The Labute approximate surface area is 142 Å². The summed E-state index contributed by atoms with van der Waals surface area (Å²) in [6, 6.07) is 11.8. The molecule has 1 fully saturated rings. The molecule has 0 N–H and O–H groups in total. The first-order valence-corrected chi connectivity index (χ1v) is 8.71. The van der Waals surface area contributed by atoms with Crippen LogP contribution in [0.25, 0.3) is 0 Å². The molecule has 3 heterocycles. The highest BCUT2D eigenvalue weighted by Gasteiger charge is 2.26. The van der Waals surface area contributed by atoms with E-state index in [0.717, 1.165) is 36.9 Å². The van der Waals surface area contributed by atoms with Crippen LogP contribution in [0.2, 0.25) is 0 Å². The number of hydrogen-bond donors (Lipinski definition) is 0. The van der Waals surface area contributed by atoms with Gasteiger partial charge in [-0.3, -0.25) is 4.79 Å². The normalized spacial score (nSPS) is 17.9. The van der Waals surface area contributed by atoms with Crippen molar-refractivity contribution in [3.63, 3.8) is 0 Å². The number of rotatable bonds is 2. The minimum Gasteiger partial charge on any atom is -0.355 e. The highest BCUT2D eigenvalue weighted by atomic mass is 16.2. The lowest BCUT2D eigenvalue weighted by Gasteiger charge is -2.30. The highest BCUT2D eigenvalue weighted by Crippen LogP contribution is 2.28. The van der Waals surface area contributed by atoms with Gasteiger partial charge in [-0.25, -0.2) is 0 Å². The first-order chi connectivity index (χ1) is 11.7.